The molecule has 0 unspecified atom stereocenters. The molecule has 0 radical (unpaired) electrons. The molecule has 0 bridgehead atoms. The highest BCUT2D eigenvalue weighted by Gasteiger charge is 2.35. The van der Waals surface area contributed by atoms with Crippen molar-refractivity contribution < 1.29 is 9.32 Å². The molecule has 1 aliphatic carbocycles. The molecule has 132 valence electrons. The zero-order valence-electron chi connectivity index (χ0n) is 14.5. The van der Waals surface area contributed by atoms with Gasteiger partial charge in [0.05, 0.1) is 5.02 Å². The van der Waals surface area contributed by atoms with E-state index < -0.39 is 0 Å². The van der Waals surface area contributed by atoms with Crippen LogP contribution >= 0.6 is 11.6 Å². The average molecular weight is 359 g/mol. The summed E-state index contributed by atoms with van der Waals surface area (Å²) in [5.74, 6) is 2.03. The first kappa shape index (κ1) is 16.6. The van der Waals surface area contributed by atoms with Crippen molar-refractivity contribution in [2.24, 2.45) is 11.8 Å². The monoisotopic (exact) mass is 358 g/mol. The molecule has 2 atom stereocenters. The number of piperidine rings is 1. The van der Waals surface area contributed by atoms with Crippen LogP contribution in [0.15, 0.2) is 28.8 Å². The van der Waals surface area contributed by atoms with Gasteiger partial charge in [-0.25, -0.2) is 0 Å². The van der Waals surface area contributed by atoms with Crippen LogP contribution in [-0.4, -0.2) is 29.1 Å². The van der Waals surface area contributed by atoms with E-state index in [2.05, 4.69) is 5.16 Å². The molecular formula is C20H23ClN2O2. The van der Waals surface area contributed by atoms with Crippen LogP contribution in [0.1, 0.15) is 48.2 Å². The maximum Gasteiger partial charge on any atom is 0.259 e. The fraction of sp³-hybridized carbons (Fsp3) is 0.500. The highest BCUT2D eigenvalue weighted by atomic mass is 35.5. The number of likely N-dealkylation sites (tertiary alicyclic amines) is 1. The summed E-state index contributed by atoms with van der Waals surface area (Å²) in [6, 6.07) is 7.45. The van der Waals surface area contributed by atoms with Crippen molar-refractivity contribution in [3.63, 3.8) is 0 Å². The van der Waals surface area contributed by atoms with E-state index in [4.69, 9.17) is 16.1 Å². The number of amides is 1. The van der Waals surface area contributed by atoms with Gasteiger partial charge in [-0.3, -0.25) is 4.79 Å². The molecule has 2 heterocycles. The molecule has 0 N–H and O–H groups in total. The van der Waals surface area contributed by atoms with Gasteiger partial charge >= 0.3 is 0 Å². The van der Waals surface area contributed by atoms with Crippen LogP contribution in [0.5, 0.6) is 0 Å². The number of aryl methyl sites for hydroxylation is 1. The first-order valence-corrected chi connectivity index (χ1v) is 9.53. The summed E-state index contributed by atoms with van der Waals surface area (Å²) in [4.78, 5) is 15.2. The number of fused-ring (bicyclic) bond motifs is 1. The first-order valence-electron chi connectivity index (χ1n) is 9.15. The fourth-order valence-electron chi connectivity index (χ4n) is 4.40. The van der Waals surface area contributed by atoms with E-state index in [1.165, 1.54) is 25.7 Å². The number of nitrogens with zero attached hydrogens (tertiary/aromatic N) is 2. The Morgan fingerprint density at radius 3 is 2.76 bits per heavy atom. The van der Waals surface area contributed by atoms with Gasteiger partial charge in [-0.1, -0.05) is 54.2 Å². The number of rotatable bonds is 2. The third-order valence-corrected chi connectivity index (χ3v) is 6.11. The van der Waals surface area contributed by atoms with Gasteiger partial charge in [-0.2, -0.15) is 0 Å². The minimum atomic E-state index is 0.0256. The average Bonchev–Trinajstić information content (AvgIpc) is 3.02. The molecule has 1 amide bonds. The molecule has 2 fully saturated rings. The van der Waals surface area contributed by atoms with Gasteiger partial charge in [-0.15, -0.1) is 0 Å². The van der Waals surface area contributed by atoms with E-state index in [0.29, 0.717) is 28.0 Å². The lowest BCUT2D eigenvalue weighted by Gasteiger charge is -2.41. The maximum atomic E-state index is 13.2. The smallest absolute Gasteiger partial charge is 0.259 e. The third-order valence-electron chi connectivity index (χ3n) is 5.78. The Kier molecular flexibility index (Phi) is 4.55. The SMILES string of the molecule is Cc1onc(-c2ccccc2Cl)c1C(=O)N1CC[C@@H]2CCCC[C@H]2C1. The molecule has 5 heteroatoms. The van der Waals surface area contributed by atoms with E-state index in [9.17, 15) is 4.79 Å². The molecule has 1 saturated heterocycles. The zero-order chi connectivity index (χ0) is 17.4. The Hall–Kier alpha value is -1.81. The Bertz CT molecular complexity index is 786. The lowest BCUT2D eigenvalue weighted by atomic mass is 9.75. The van der Waals surface area contributed by atoms with Crippen LogP contribution in [0.3, 0.4) is 0 Å². The van der Waals surface area contributed by atoms with Crippen LogP contribution in [0, 0.1) is 18.8 Å². The second-order valence-corrected chi connectivity index (χ2v) is 7.69. The van der Waals surface area contributed by atoms with Gasteiger partial charge in [0.2, 0.25) is 0 Å². The van der Waals surface area contributed by atoms with Crippen molar-refractivity contribution in [1.29, 1.82) is 0 Å². The fourth-order valence-corrected chi connectivity index (χ4v) is 4.63. The summed E-state index contributed by atoms with van der Waals surface area (Å²) in [5, 5.41) is 4.72. The summed E-state index contributed by atoms with van der Waals surface area (Å²) in [7, 11) is 0. The molecule has 2 aliphatic rings. The number of hydrogen-bond donors (Lipinski definition) is 0. The van der Waals surface area contributed by atoms with E-state index in [-0.39, 0.29) is 5.91 Å². The number of halogens is 1. The van der Waals surface area contributed by atoms with Crippen molar-refractivity contribution >= 4 is 17.5 Å². The number of benzene rings is 1. The standard InChI is InChI=1S/C20H23ClN2O2/c1-13-18(19(22-25-13)16-8-4-5-9-17(16)21)20(24)23-11-10-14-6-2-3-7-15(14)12-23/h4-5,8-9,14-15H,2-3,6-7,10-12H2,1H3/t14-,15-/m0/s1. The largest absolute Gasteiger partial charge is 0.360 e. The molecular weight excluding hydrogens is 336 g/mol. The van der Waals surface area contributed by atoms with Gasteiger partial charge in [-0.05, 0) is 37.7 Å². The van der Waals surface area contributed by atoms with Crippen molar-refractivity contribution in [3.8, 4) is 11.3 Å². The van der Waals surface area contributed by atoms with E-state index >= 15 is 0 Å². The molecule has 2 aromatic rings. The summed E-state index contributed by atoms with van der Waals surface area (Å²) in [5.41, 5.74) is 1.86. The summed E-state index contributed by atoms with van der Waals surface area (Å²) >= 11 is 6.32. The maximum absolute atomic E-state index is 13.2. The number of carbonyl (C=O) groups is 1. The van der Waals surface area contributed by atoms with Crippen LogP contribution in [0.4, 0.5) is 0 Å². The van der Waals surface area contributed by atoms with Gasteiger partial charge < -0.3 is 9.42 Å². The van der Waals surface area contributed by atoms with Crippen molar-refractivity contribution in [3.05, 3.63) is 40.6 Å². The third kappa shape index (κ3) is 3.08. The van der Waals surface area contributed by atoms with Gasteiger partial charge in [0.15, 0.2) is 0 Å². The highest BCUT2D eigenvalue weighted by Crippen LogP contribution is 2.38. The molecule has 4 rings (SSSR count). The van der Waals surface area contributed by atoms with Gasteiger partial charge in [0.25, 0.3) is 5.91 Å². The Morgan fingerprint density at radius 2 is 1.96 bits per heavy atom. The number of carbonyl (C=O) groups excluding carboxylic acids is 1. The first-order chi connectivity index (χ1) is 12.1. The number of hydrogen-bond acceptors (Lipinski definition) is 3. The Morgan fingerprint density at radius 1 is 1.20 bits per heavy atom. The lowest BCUT2D eigenvalue weighted by Crippen LogP contribution is -2.45. The molecule has 1 aliphatic heterocycles. The van der Waals surface area contributed by atoms with E-state index in [1.807, 2.05) is 29.2 Å². The molecule has 4 nitrogen and oxygen atoms in total. The van der Waals surface area contributed by atoms with E-state index in [1.54, 1.807) is 6.92 Å². The predicted molar refractivity (Wildman–Crippen MR) is 97.7 cm³/mol. The Balaban J connectivity index is 1.63. The van der Waals surface area contributed by atoms with Crippen molar-refractivity contribution in [1.82, 2.24) is 10.1 Å². The highest BCUT2D eigenvalue weighted by molar-refractivity contribution is 6.33. The minimum absolute atomic E-state index is 0.0256. The van der Waals surface area contributed by atoms with Crippen molar-refractivity contribution in [2.75, 3.05) is 13.1 Å². The molecule has 1 aromatic heterocycles. The topological polar surface area (TPSA) is 46.3 Å². The molecule has 1 aromatic carbocycles. The van der Waals surface area contributed by atoms with Gasteiger partial charge in [0.1, 0.15) is 17.0 Å². The van der Waals surface area contributed by atoms with Crippen LogP contribution in [0.25, 0.3) is 11.3 Å². The quantitative estimate of drug-likeness (QED) is 0.762. The van der Waals surface area contributed by atoms with E-state index in [0.717, 1.165) is 31.0 Å². The van der Waals surface area contributed by atoms with Crippen molar-refractivity contribution in [2.45, 2.75) is 39.0 Å². The second-order valence-electron chi connectivity index (χ2n) is 7.29. The summed E-state index contributed by atoms with van der Waals surface area (Å²) < 4.78 is 5.37. The van der Waals surface area contributed by atoms with Crippen LogP contribution < -0.4 is 0 Å². The molecule has 1 saturated carbocycles. The van der Waals surface area contributed by atoms with Crippen LogP contribution in [-0.2, 0) is 0 Å². The zero-order valence-corrected chi connectivity index (χ0v) is 15.3. The summed E-state index contributed by atoms with van der Waals surface area (Å²) in [6.45, 7) is 3.48. The predicted octanol–water partition coefficient (Wildman–Crippen LogP) is 4.96. The minimum Gasteiger partial charge on any atom is -0.360 e. The summed E-state index contributed by atoms with van der Waals surface area (Å²) in [6.07, 6.45) is 6.32. The normalized spacial score (nSPS) is 23.4. The van der Waals surface area contributed by atoms with Gasteiger partial charge in [0, 0.05) is 18.7 Å². The molecule has 0 spiro atoms. The lowest BCUT2D eigenvalue weighted by molar-refractivity contribution is 0.0520. The second kappa shape index (κ2) is 6.83. The number of aromatic nitrogens is 1. The molecule has 25 heavy (non-hydrogen) atoms. The van der Waals surface area contributed by atoms with Crippen LogP contribution in [0.2, 0.25) is 5.02 Å². The Labute approximate surface area is 153 Å².